The van der Waals surface area contributed by atoms with Crippen LogP contribution in [0.2, 0.25) is 0 Å². The van der Waals surface area contributed by atoms with E-state index in [0.29, 0.717) is 5.69 Å². The second-order valence-electron chi connectivity index (χ2n) is 3.97. The molecule has 3 heteroatoms. The maximum atomic E-state index is 12.7. The van der Waals surface area contributed by atoms with Crippen LogP contribution in [0, 0.1) is 5.82 Å². The summed E-state index contributed by atoms with van der Waals surface area (Å²) in [7, 11) is 0. The van der Waals surface area contributed by atoms with Crippen molar-refractivity contribution >= 4 is 0 Å². The smallest absolute Gasteiger partial charge is 0.141 e. The van der Waals surface area contributed by atoms with E-state index >= 15 is 0 Å². The number of nitrogens with two attached hydrogens (primary N) is 1. The van der Waals surface area contributed by atoms with E-state index in [1.165, 1.54) is 17.8 Å². The second kappa shape index (κ2) is 5.06. The molecule has 0 aliphatic heterocycles. The number of aromatic nitrogens is 1. The van der Waals surface area contributed by atoms with Crippen molar-refractivity contribution in [1.29, 1.82) is 0 Å². The molecule has 88 valence electrons. The Kier molecular flexibility index (Phi) is 3.49. The average molecular weight is 230 g/mol. The molecule has 0 fully saturated rings. The molecular weight excluding hydrogens is 215 g/mol. The highest BCUT2D eigenvalue weighted by atomic mass is 19.1. The summed E-state index contributed by atoms with van der Waals surface area (Å²) in [6, 6.07) is 10.8. The Hall–Kier alpha value is -1.74. The van der Waals surface area contributed by atoms with Crippen LogP contribution in [-0.2, 0) is 6.42 Å². The van der Waals surface area contributed by atoms with E-state index in [2.05, 4.69) is 24.0 Å². The van der Waals surface area contributed by atoms with Crippen molar-refractivity contribution in [3.05, 3.63) is 65.2 Å². The van der Waals surface area contributed by atoms with E-state index in [1.807, 2.05) is 12.1 Å². The Morgan fingerprint density at radius 3 is 2.41 bits per heavy atom. The topological polar surface area (TPSA) is 38.9 Å². The SMILES string of the molecule is CCc1ccc(C(N)c2ccc(F)cn2)cc1. The summed E-state index contributed by atoms with van der Waals surface area (Å²) in [6.07, 6.45) is 2.19. The lowest BCUT2D eigenvalue weighted by atomic mass is 10.0. The van der Waals surface area contributed by atoms with Gasteiger partial charge in [0.15, 0.2) is 0 Å². The van der Waals surface area contributed by atoms with Crippen LogP contribution in [0.5, 0.6) is 0 Å². The third kappa shape index (κ3) is 2.68. The van der Waals surface area contributed by atoms with Gasteiger partial charge in [-0.3, -0.25) is 4.98 Å². The normalized spacial score (nSPS) is 12.4. The lowest BCUT2D eigenvalue weighted by Crippen LogP contribution is -2.13. The molecule has 1 aromatic carbocycles. The largest absolute Gasteiger partial charge is 0.319 e. The van der Waals surface area contributed by atoms with Crippen LogP contribution < -0.4 is 5.73 Å². The Morgan fingerprint density at radius 2 is 1.88 bits per heavy atom. The zero-order chi connectivity index (χ0) is 12.3. The van der Waals surface area contributed by atoms with Gasteiger partial charge >= 0.3 is 0 Å². The first-order valence-corrected chi connectivity index (χ1v) is 5.66. The fourth-order valence-corrected chi connectivity index (χ4v) is 1.70. The number of rotatable bonds is 3. The third-order valence-electron chi connectivity index (χ3n) is 2.82. The van der Waals surface area contributed by atoms with Crippen molar-refractivity contribution in [3.8, 4) is 0 Å². The molecule has 1 heterocycles. The third-order valence-corrected chi connectivity index (χ3v) is 2.82. The van der Waals surface area contributed by atoms with E-state index in [0.717, 1.165) is 12.0 Å². The average Bonchev–Trinajstić information content (AvgIpc) is 2.39. The summed E-state index contributed by atoms with van der Waals surface area (Å²) >= 11 is 0. The molecule has 2 rings (SSSR count). The zero-order valence-electron chi connectivity index (χ0n) is 9.73. The van der Waals surface area contributed by atoms with Gasteiger partial charge in [-0.15, -0.1) is 0 Å². The molecule has 0 aliphatic carbocycles. The minimum atomic E-state index is -0.345. The molecule has 0 saturated carbocycles. The number of nitrogens with zero attached hydrogens (tertiary/aromatic N) is 1. The quantitative estimate of drug-likeness (QED) is 0.880. The number of benzene rings is 1. The number of pyridine rings is 1. The van der Waals surface area contributed by atoms with Gasteiger partial charge in [0.25, 0.3) is 0 Å². The van der Waals surface area contributed by atoms with Crippen LogP contribution in [0.25, 0.3) is 0 Å². The number of hydrogen-bond donors (Lipinski definition) is 1. The van der Waals surface area contributed by atoms with Crippen LogP contribution in [-0.4, -0.2) is 4.98 Å². The van der Waals surface area contributed by atoms with Crippen LogP contribution >= 0.6 is 0 Å². The van der Waals surface area contributed by atoms with Gasteiger partial charge in [0.1, 0.15) is 5.82 Å². The highest BCUT2D eigenvalue weighted by Crippen LogP contribution is 2.18. The first-order chi connectivity index (χ1) is 8.20. The monoisotopic (exact) mass is 230 g/mol. The Labute approximate surface area is 100 Å². The van der Waals surface area contributed by atoms with Gasteiger partial charge in [0, 0.05) is 0 Å². The van der Waals surface area contributed by atoms with Gasteiger partial charge in [-0.1, -0.05) is 31.2 Å². The number of halogens is 1. The molecular formula is C14H15FN2. The Balaban J connectivity index is 2.23. The van der Waals surface area contributed by atoms with Crippen LogP contribution in [0.1, 0.15) is 29.8 Å². The molecule has 0 amide bonds. The minimum Gasteiger partial charge on any atom is -0.319 e. The molecule has 0 bridgehead atoms. The lowest BCUT2D eigenvalue weighted by Gasteiger charge is -2.11. The molecule has 2 nitrogen and oxygen atoms in total. The molecule has 0 spiro atoms. The van der Waals surface area contributed by atoms with Crippen molar-refractivity contribution in [3.63, 3.8) is 0 Å². The highest BCUT2D eigenvalue weighted by molar-refractivity contribution is 5.30. The summed E-state index contributed by atoms with van der Waals surface area (Å²) in [5, 5.41) is 0. The van der Waals surface area contributed by atoms with E-state index in [4.69, 9.17) is 5.73 Å². The van der Waals surface area contributed by atoms with Gasteiger partial charge in [0.05, 0.1) is 17.9 Å². The number of hydrogen-bond acceptors (Lipinski definition) is 2. The fourth-order valence-electron chi connectivity index (χ4n) is 1.70. The van der Waals surface area contributed by atoms with Crippen LogP contribution in [0.3, 0.4) is 0 Å². The first-order valence-electron chi connectivity index (χ1n) is 5.66. The summed E-state index contributed by atoms with van der Waals surface area (Å²) in [6.45, 7) is 2.11. The molecule has 2 aromatic rings. The summed E-state index contributed by atoms with van der Waals surface area (Å²) in [5.74, 6) is -0.345. The maximum absolute atomic E-state index is 12.7. The Morgan fingerprint density at radius 1 is 1.18 bits per heavy atom. The van der Waals surface area contributed by atoms with Crippen LogP contribution in [0.15, 0.2) is 42.6 Å². The predicted octanol–water partition coefficient (Wildman–Crippen LogP) is 2.83. The van der Waals surface area contributed by atoms with Gasteiger partial charge in [-0.25, -0.2) is 4.39 Å². The van der Waals surface area contributed by atoms with Gasteiger partial charge in [-0.2, -0.15) is 0 Å². The molecule has 1 unspecified atom stereocenters. The first kappa shape index (κ1) is 11.7. The molecule has 1 aromatic heterocycles. The zero-order valence-corrected chi connectivity index (χ0v) is 9.73. The van der Waals surface area contributed by atoms with Crippen molar-refractivity contribution in [2.45, 2.75) is 19.4 Å². The summed E-state index contributed by atoms with van der Waals surface area (Å²) < 4.78 is 12.7. The van der Waals surface area contributed by atoms with Gasteiger partial charge < -0.3 is 5.73 Å². The lowest BCUT2D eigenvalue weighted by molar-refractivity contribution is 0.617. The Bertz CT molecular complexity index is 477. The van der Waals surface area contributed by atoms with E-state index in [-0.39, 0.29) is 11.9 Å². The van der Waals surface area contributed by atoms with Crippen LogP contribution in [0.4, 0.5) is 4.39 Å². The number of aryl methyl sites for hydroxylation is 1. The van der Waals surface area contributed by atoms with Crippen molar-refractivity contribution in [2.24, 2.45) is 5.73 Å². The van der Waals surface area contributed by atoms with Crippen molar-refractivity contribution < 1.29 is 4.39 Å². The second-order valence-corrected chi connectivity index (χ2v) is 3.97. The van der Waals surface area contributed by atoms with Crippen molar-refractivity contribution in [2.75, 3.05) is 0 Å². The fraction of sp³-hybridized carbons (Fsp3) is 0.214. The molecule has 0 aliphatic rings. The highest BCUT2D eigenvalue weighted by Gasteiger charge is 2.09. The molecule has 0 saturated heterocycles. The van der Waals surface area contributed by atoms with Gasteiger partial charge in [0.2, 0.25) is 0 Å². The molecule has 1 atom stereocenters. The van der Waals surface area contributed by atoms with E-state index < -0.39 is 0 Å². The van der Waals surface area contributed by atoms with Crippen molar-refractivity contribution in [1.82, 2.24) is 4.98 Å². The minimum absolute atomic E-state index is 0.304. The van der Waals surface area contributed by atoms with E-state index in [1.54, 1.807) is 6.07 Å². The molecule has 17 heavy (non-hydrogen) atoms. The molecule has 0 radical (unpaired) electrons. The van der Waals surface area contributed by atoms with E-state index in [9.17, 15) is 4.39 Å². The maximum Gasteiger partial charge on any atom is 0.141 e. The summed E-state index contributed by atoms with van der Waals surface area (Å²) in [4.78, 5) is 4.00. The van der Waals surface area contributed by atoms with Gasteiger partial charge in [-0.05, 0) is 29.7 Å². The molecule has 2 N–H and O–H groups in total. The predicted molar refractivity (Wildman–Crippen MR) is 66.0 cm³/mol. The standard InChI is InChI=1S/C14H15FN2/c1-2-10-3-5-11(6-4-10)14(16)13-8-7-12(15)9-17-13/h3-9,14H,2,16H2,1H3. The summed E-state index contributed by atoms with van der Waals surface area (Å²) in [5.41, 5.74) is 9.01.